The third kappa shape index (κ3) is 2.31. The minimum Gasteiger partial charge on any atom is -0.289 e. The lowest BCUT2D eigenvalue weighted by Gasteiger charge is -2.24. The van der Waals surface area contributed by atoms with Crippen LogP contribution in [0.5, 0.6) is 0 Å². The first kappa shape index (κ1) is 14.8. The number of allylic oxidation sites excluding steroid dienone is 8. The van der Waals surface area contributed by atoms with E-state index in [2.05, 4.69) is 24.3 Å². The average molecular weight is 328 g/mol. The summed E-state index contributed by atoms with van der Waals surface area (Å²) in [5.74, 6) is 0.989. The summed E-state index contributed by atoms with van der Waals surface area (Å²) in [5, 5.41) is 0. The molecular formula is C23H20O2. The van der Waals surface area contributed by atoms with E-state index in [1.807, 2.05) is 12.2 Å². The Hall–Kier alpha value is -2.48. The smallest absolute Gasteiger partial charge is 0.186 e. The molecule has 4 aliphatic carbocycles. The van der Waals surface area contributed by atoms with Crippen LogP contribution in [0, 0.1) is 11.8 Å². The summed E-state index contributed by atoms with van der Waals surface area (Å²) in [6.45, 7) is 0. The second kappa shape index (κ2) is 5.52. The average Bonchev–Trinajstić information content (AvgIpc) is 3.00. The van der Waals surface area contributed by atoms with Crippen molar-refractivity contribution >= 4 is 11.6 Å². The van der Waals surface area contributed by atoms with Crippen LogP contribution in [0.1, 0.15) is 30.4 Å². The summed E-state index contributed by atoms with van der Waals surface area (Å²) in [6, 6.07) is 8.76. The molecule has 4 aliphatic rings. The van der Waals surface area contributed by atoms with E-state index in [9.17, 15) is 9.59 Å². The Labute approximate surface area is 147 Å². The Balaban J connectivity index is 1.55. The predicted molar refractivity (Wildman–Crippen MR) is 97.0 cm³/mol. The summed E-state index contributed by atoms with van der Waals surface area (Å²) in [6.07, 6.45) is 11.9. The Kier molecular flexibility index (Phi) is 3.27. The van der Waals surface area contributed by atoms with E-state index >= 15 is 0 Å². The first-order valence-electron chi connectivity index (χ1n) is 9.16. The van der Waals surface area contributed by atoms with Crippen LogP contribution in [-0.2, 0) is 22.4 Å². The van der Waals surface area contributed by atoms with E-state index in [1.165, 1.54) is 23.3 Å². The van der Waals surface area contributed by atoms with Crippen LogP contribution in [0.2, 0.25) is 0 Å². The van der Waals surface area contributed by atoms with Gasteiger partial charge in [0.25, 0.3) is 0 Å². The van der Waals surface area contributed by atoms with Crippen molar-refractivity contribution in [2.24, 2.45) is 11.8 Å². The number of fused-ring (bicyclic) bond motifs is 6. The van der Waals surface area contributed by atoms with Crippen molar-refractivity contribution in [3.8, 4) is 0 Å². The molecule has 0 saturated heterocycles. The van der Waals surface area contributed by atoms with Gasteiger partial charge in [0.15, 0.2) is 11.6 Å². The minimum absolute atomic E-state index is 0.0215. The molecule has 1 aromatic rings. The number of hydrogen-bond acceptors (Lipinski definition) is 2. The number of carbonyl (C=O) groups excluding carboxylic acids is 2. The topological polar surface area (TPSA) is 34.1 Å². The van der Waals surface area contributed by atoms with Crippen molar-refractivity contribution in [2.75, 3.05) is 0 Å². The second-order valence-corrected chi connectivity index (χ2v) is 7.57. The minimum atomic E-state index is -0.0215. The van der Waals surface area contributed by atoms with Gasteiger partial charge < -0.3 is 0 Å². The molecule has 0 fully saturated rings. The molecule has 0 saturated carbocycles. The van der Waals surface area contributed by atoms with Crippen LogP contribution in [0.4, 0.5) is 0 Å². The predicted octanol–water partition coefficient (Wildman–Crippen LogP) is 4.07. The van der Waals surface area contributed by atoms with Crippen molar-refractivity contribution < 1.29 is 9.59 Å². The van der Waals surface area contributed by atoms with Crippen molar-refractivity contribution in [2.45, 2.75) is 32.1 Å². The molecule has 5 rings (SSSR count). The molecule has 0 aliphatic heterocycles. The largest absolute Gasteiger partial charge is 0.289 e. The summed E-state index contributed by atoms with van der Waals surface area (Å²) in [5.41, 5.74) is 7.36. The molecule has 0 amide bonds. The Bertz CT molecular complexity index is 850. The zero-order chi connectivity index (χ0) is 17.0. The van der Waals surface area contributed by atoms with Gasteiger partial charge in [0.1, 0.15) is 0 Å². The van der Waals surface area contributed by atoms with Gasteiger partial charge in [-0.2, -0.15) is 0 Å². The van der Waals surface area contributed by atoms with Crippen LogP contribution in [0.3, 0.4) is 0 Å². The molecule has 0 N–H and O–H groups in total. The molecule has 0 spiro atoms. The Morgan fingerprint density at radius 2 is 1.20 bits per heavy atom. The molecule has 25 heavy (non-hydrogen) atoms. The van der Waals surface area contributed by atoms with Crippen molar-refractivity contribution in [1.82, 2.24) is 0 Å². The van der Waals surface area contributed by atoms with Gasteiger partial charge in [-0.05, 0) is 67.2 Å². The molecule has 0 aromatic heterocycles. The van der Waals surface area contributed by atoms with Crippen LogP contribution in [0.15, 0.2) is 70.9 Å². The summed E-state index contributed by atoms with van der Waals surface area (Å²) < 4.78 is 0. The van der Waals surface area contributed by atoms with E-state index in [0.717, 1.165) is 32.1 Å². The van der Waals surface area contributed by atoms with Crippen LogP contribution < -0.4 is 0 Å². The molecule has 0 heterocycles. The lowest BCUT2D eigenvalue weighted by Crippen LogP contribution is -2.16. The van der Waals surface area contributed by atoms with Crippen LogP contribution in [-0.4, -0.2) is 11.6 Å². The number of rotatable bonds is 0. The van der Waals surface area contributed by atoms with E-state index in [1.54, 1.807) is 11.1 Å². The fraction of sp³-hybridized carbons (Fsp3) is 0.304. The number of ketones is 2. The first-order valence-corrected chi connectivity index (χ1v) is 9.16. The molecule has 124 valence electrons. The molecule has 2 unspecified atom stereocenters. The summed E-state index contributed by atoms with van der Waals surface area (Å²) >= 11 is 0. The van der Waals surface area contributed by atoms with Gasteiger partial charge in [-0.15, -0.1) is 0 Å². The molecular weight excluding hydrogens is 308 g/mol. The van der Waals surface area contributed by atoms with Gasteiger partial charge in [-0.25, -0.2) is 0 Å². The maximum atomic E-state index is 12.2. The fourth-order valence-corrected chi connectivity index (χ4v) is 5.00. The van der Waals surface area contributed by atoms with Crippen molar-refractivity contribution in [3.05, 3.63) is 82.0 Å². The quantitative estimate of drug-likeness (QED) is 0.673. The highest BCUT2D eigenvalue weighted by molar-refractivity contribution is 6.24. The summed E-state index contributed by atoms with van der Waals surface area (Å²) in [7, 11) is 0. The Morgan fingerprint density at radius 3 is 1.68 bits per heavy atom. The second-order valence-electron chi connectivity index (χ2n) is 7.57. The SMILES string of the molecule is O=C1C=CC(=O)/C2=C/CC3CC(C\C=C/12)C1=C3Cc2ccccc2C1. The Morgan fingerprint density at radius 1 is 0.720 bits per heavy atom. The lowest BCUT2D eigenvalue weighted by molar-refractivity contribution is -0.115. The monoisotopic (exact) mass is 328 g/mol. The van der Waals surface area contributed by atoms with E-state index in [4.69, 9.17) is 0 Å². The lowest BCUT2D eigenvalue weighted by atomic mass is 9.81. The molecule has 1 aromatic carbocycles. The standard InChI is InChI=1S/C23H20O2/c24-22-9-10-23(25)19-8-6-17-11-16(5-7-18(19)22)20-12-14-3-1-2-4-15(14)13-21(17)20/h1-4,7-10,16-17H,5-6,11-13H2/b18-7-,19-8+. The van der Waals surface area contributed by atoms with Gasteiger partial charge in [0.2, 0.25) is 0 Å². The van der Waals surface area contributed by atoms with Crippen LogP contribution >= 0.6 is 0 Å². The summed E-state index contributed by atoms with van der Waals surface area (Å²) in [4.78, 5) is 24.5. The normalized spacial score (nSPS) is 31.7. The highest BCUT2D eigenvalue weighted by Crippen LogP contribution is 2.47. The number of carbonyl (C=O) groups is 2. The van der Waals surface area contributed by atoms with Crippen molar-refractivity contribution in [3.63, 3.8) is 0 Å². The number of hydrogen-bond donors (Lipinski definition) is 0. The fourth-order valence-electron chi connectivity index (χ4n) is 5.00. The van der Waals surface area contributed by atoms with Gasteiger partial charge in [0, 0.05) is 11.1 Å². The van der Waals surface area contributed by atoms with Gasteiger partial charge in [-0.1, -0.05) is 47.6 Å². The van der Waals surface area contributed by atoms with E-state index in [0.29, 0.717) is 23.0 Å². The third-order valence-corrected chi connectivity index (χ3v) is 6.27. The maximum absolute atomic E-state index is 12.2. The van der Waals surface area contributed by atoms with E-state index in [-0.39, 0.29) is 11.6 Å². The molecule has 2 nitrogen and oxygen atoms in total. The molecule has 2 bridgehead atoms. The van der Waals surface area contributed by atoms with Crippen molar-refractivity contribution in [1.29, 1.82) is 0 Å². The highest BCUT2D eigenvalue weighted by atomic mass is 16.1. The third-order valence-electron chi connectivity index (χ3n) is 6.27. The van der Waals surface area contributed by atoms with E-state index < -0.39 is 0 Å². The molecule has 2 atom stereocenters. The first-order chi connectivity index (χ1) is 12.2. The highest BCUT2D eigenvalue weighted by Gasteiger charge is 2.36. The van der Waals surface area contributed by atoms with Gasteiger partial charge in [0.05, 0.1) is 0 Å². The zero-order valence-corrected chi connectivity index (χ0v) is 14.1. The zero-order valence-electron chi connectivity index (χ0n) is 14.1. The molecule has 2 heteroatoms. The van der Waals surface area contributed by atoms with Gasteiger partial charge in [-0.3, -0.25) is 9.59 Å². The molecule has 0 radical (unpaired) electrons. The van der Waals surface area contributed by atoms with Gasteiger partial charge >= 0.3 is 0 Å². The number of benzene rings is 1. The maximum Gasteiger partial charge on any atom is 0.186 e. The van der Waals surface area contributed by atoms with Crippen LogP contribution in [0.25, 0.3) is 0 Å².